The lowest BCUT2D eigenvalue weighted by molar-refractivity contribution is -0.131. The van der Waals surface area contributed by atoms with Crippen molar-refractivity contribution < 1.29 is 19.4 Å². The van der Waals surface area contributed by atoms with Crippen LogP contribution in [-0.2, 0) is 9.53 Å². The number of ether oxygens (including phenoxy) is 2. The number of pyridine rings is 1. The van der Waals surface area contributed by atoms with E-state index in [1.165, 1.54) is 12.5 Å². The van der Waals surface area contributed by atoms with Crippen LogP contribution >= 0.6 is 0 Å². The van der Waals surface area contributed by atoms with Gasteiger partial charge < -0.3 is 14.6 Å². The normalized spacial score (nSPS) is 19.5. The van der Waals surface area contributed by atoms with Gasteiger partial charge in [-0.1, -0.05) is 0 Å². The molecule has 1 fully saturated rings. The zero-order valence-corrected chi connectivity index (χ0v) is 10.6. The average molecular weight is 263 g/mol. The SMILES string of the molecule is O=C(O)C=Cc1ccc(OCC2CCCCO2)cn1. The Bertz CT molecular complexity index is 435. The summed E-state index contributed by atoms with van der Waals surface area (Å²) in [5, 5.41) is 8.50. The monoisotopic (exact) mass is 263 g/mol. The summed E-state index contributed by atoms with van der Waals surface area (Å²) >= 11 is 0. The zero-order valence-electron chi connectivity index (χ0n) is 10.6. The fraction of sp³-hybridized carbons (Fsp3) is 0.429. The van der Waals surface area contributed by atoms with Crippen molar-refractivity contribution in [3.63, 3.8) is 0 Å². The minimum absolute atomic E-state index is 0.167. The van der Waals surface area contributed by atoms with E-state index in [1.54, 1.807) is 18.3 Å². The van der Waals surface area contributed by atoms with Crippen molar-refractivity contribution in [2.24, 2.45) is 0 Å². The number of carboxylic acids is 1. The minimum Gasteiger partial charge on any atom is -0.489 e. The van der Waals surface area contributed by atoms with E-state index in [0.29, 0.717) is 18.1 Å². The Kier molecular flexibility index (Phi) is 4.92. The first kappa shape index (κ1) is 13.5. The first-order valence-corrected chi connectivity index (χ1v) is 6.35. The first-order valence-electron chi connectivity index (χ1n) is 6.35. The molecule has 0 bridgehead atoms. The molecule has 0 aromatic carbocycles. The summed E-state index contributed by atoms with van der Waals surface area (Å²) in [6.45, 7) is 1.34. The van der Waals surface area contributed by atoms with E-state index >= 15 is 0 Å². The Labute approximate surface area is 111 Å². The molecule has 1 N–H and O–H groups in total. The second kappa shape index (κ2) is 6.89. The highest BCUT2D eigenvalue weighted by atomic mass is 16.5. The number of rotatable bonds is 5. The highest BCUT2D eigenvalue weighted by molar-refractivity contribution is 5.84. The molecule has 1 aliphatic rings. The van der Waals surface area contributed by atoms with E-state index in [0.717, 1.165) is 25.5 Å². The molecule has 5 nitrogen and oxygen atoms in total. The van der Waals surface area contributed by atoms with E-state index in [-0.39, 0.29) is 6.10 Å². The van der Waals surface area contributed by atoms with E-state index in [9.17, 15) is 4.79 Å². The number of aromatic nitrogens is 1. The molecule has 1 atom stereocenters. The maximum atomic E-state index is 10.4. The number of aliphatic carboxylic acids is 1. The van der Waals surface area contributed by atoms with Crippen LogP contribution in [0.25, 0.3) is 6.08 Å². The first-order chi connectivity index (χ1) is 9.24. The highest BCUT2D eigenvalue weighted by Gasteiger charge is 2.14. The van der Waals surface area contributed by atoms with Gasteiger partial charge in [-0.05, 0) is 37.5 Å². The molecular formula is C14H17NO4. The molecule has 0 amide bonds. The van der Waals surface area contributed by atoms with Crippen LogP contribution in [0.4, 0.5) is 0 Å². The fourth-order valence-electron chi connectivity index (χ4n) is 1.86. The van der Waals surface area contributed by atoms with Gasteiger partial charge in [0.15, 0.2) is 0 Å². The summed E-state index contributed by atoms with van der Waals surface area (Å²) < 4.78 is 11.2. The summed E-state index contributed by atoms with van der Waals surface area (Å²) in [4.78, 5) is 14.5. The standard InChI is InChI=1S/C14H17NO4/c16-14(17)7-5-11-4-6-12(9-15-11)19-10-13-3-1-2-8-18-13/h4-7,9,13H,1-3,8,10H2,(H,16,17). The number of nitrogens with zero attached hydrogens (tertiary/aromatic N) is 1. The number of hydrogen-bond acceptors (Lipinski definition) is 4. The van der Waals surface area contributed by atoms with Crippen LogP contribution in [0.3, 0.4) is 0 Å². The molecule has 1 aromatic heterocycles. The fourth-order valence-corrected chi connectivity index (χ4v) is 1.86. The Morgan fingerprint density at radius 1 is 1.53 bits per heavy atom. The molecule has 0 aliphatic carbocycles. The molecule has 19 heavy (non-hydrogen) atoms. The lowest BCUT2D eigenvalue weighted by Gasteiger charge is -2.22. The van der Waals surface area contributed by atoms with Crippen molar-refractivity contribution in [2.75, 3.05) is 13.2 Å². The highest BCUT2D eigenvalue weighted by Crippen LogP contribution is 2.15. The predicted octanol–water partition coefficient (Wildman–Crippen LogP) is 2.13. The van der Waals surface area contributed by atoms with Gasteiger partial charge in [-0.15, -0.1) is 0 Å². The predicted molar refractivity (Wildman–Crippen MR) is 70.0 cm³/mol. The second-order valence-corrected chi connectivity index (χ2v) is 4.39. The Balaban J connectivity index is 1.82. The van der Waals surface area contributed by atoms with Crippen molar-refractivity contribution in [1.82, 2.24) is 4.98 Å². The molecule has 1 aliphatic heterocycles. The van der Waals surface area contributed by atoms with Gasteiger partial charge in [-0.25, -0.2) is 4.79 Å². The molecule has 0 spiro atoms. The molecule has 2 heterocycles. The van der Waals surface area contributed by atoms with Crippen LogP contribution in [0.1, 0.15) is 25.0 Å². The molecule has 1 unspecified atom stereocenters. The van der Waals surface area contributed by atoms with Gasteiger partial charge in [0.25, 0.3) is 0 Å². The maximum absolute atomic E-state index is 10.4. The summed E-state index contributed by atoms with van der Waals surface area (Å²) in [6, 6.07) is 3.49. The van der Waals surface area contributed by atoms with Crippen LogP contribution < -0.4 is 4.74 Å². The summed E-state index contributed by atoms with van der Waals surface area (Å²) in [5.74, 6) is -0.321. The van der Waals surface area contributed by atoms with E-state index in [2.05, 4.69) is 4.98 Å². The molecule has 0 saturated carbocycles. The van der Waals surface area contributed by atoms with Crippen molar-refractivity contribution in [1.29, 1.82) is 0 Å². The van der Waals surface area contributed by atoms with Crippen molar-refractivity contribution in [3.05, 3.63) is 30.1 Å². The van der Waals surface area contributed by atoms with Gasteiger partial charge in [0.2, 0.25) is 0 Å². The van der Waals surface area contributed by atoms with Crippen LogP contribution in [0.2, 0.25) is 0 Å². The largest absolute Gasteiger partial charge is 0.489 e. The Morgan fingerprint density at radius 2 is 2.42 bits per heavy atom. The van der Waals surface area contributed by atoms with Gasteiger partial charge in [0.1, 0.15) is 12.4 Å². The lowest BCUT2D eigenvalue weighted by Crippen LogP contribution is -2.25. The molecule has 5 heteroatoms. The van der Waals surface area contributed by atoms with Gasteiger partial charge >= 0.3 is 5.97 Å². The van der Waals surface area contributed by atoms with Crippen molar-refractivity contribution in [3.8, 4) is 5.75 Å². The third kappa shape index (κ3) is 4.71. The quantitative estimate of drug-likeness (QED) is 0.824. The molecule has 1 aromatic rings. The number of carbonyl (C=O) groups is 1. The molecular weight excluding hydrogens is 246 g/mol. The van der Waals surface area contributed by atoms with Gasteiger partial charge in [-0.2, -0.15) is 0 Å². The summed E-state index contributed by atoms with van der Waals surface area (Å²) in [7, 11) is 0. The van der Waals surface area contributed by atoms with Gasteiger partial charge in [0, 0.05) is 12.7 Å². The molecule has 1 saturated heterocycles. The molecule has 102 valence electrons. The molecule has 2 rings (SSSR count). The maximum Gasteiger partial charge on any atom is 0.328 e. The summed E-state index contributed by atoms with van der Waals surface area (Å²) in [6.07, 6.45) is 7.60. The minimum atomic E-state index is -0.989. The van der Waals surface area contributed by atoms with E-state index < -0.39 is 5.97 Å². The van der Waals surface area contributed by atoms with Crippen molar-refractivity contribution in [2.45, 2.75) is 25.4 Å². The average Bonchev–Trinajstić information content (AvgIpc) is 2.45. The number of carboxylic acid groups (broad SMARTS) is 1. The third-order valence-corrected chi connectivity index (χ3v) is 2.87. The van der Waals surface area contributed by atoms with Crippen molar-refractivity contribution >= 4 is 12.0 Å². The smallest absolute Gasteiger partial charge is 0.328 e. The topological polar surface area (TPSA) is 68.7 Å². The third-order valence-electron chi connectivity index (χ3n) is 2.87. The van der Waals surface area contributed by atoms with Crippen LogP contribution in [0.15, 0.2) is 24.4 Å². The number of hydrogen-bond donors (Lipinski definition) is 1. The van der Waals surface area contributed by atoms with Gasteiger partial charge in [0.05, 0.1) is 18.0 Å². The second-order valence-electron chi connectivity index (χ2n) is 4.39. The molecule has 0 radical (unpaired) electrons. The van der Waals surface area contributed by atoms with E-state index in [1.807, 2.05) is 0 Å². The zero-order chi connectivity index (χ0) is 13.5. The van der Waals surface area contributed by atoms with Crippen LogP contribution in [0, 0.1) is 0 Å². The van der Waals surface area contributed by atoms with Crippen LogP contribution in [0.5, 0.6) is 5.75 Å². The lowest BCUT2D eigenvalue weighted by atomic mass is 10.1. The Hall–Kier alpha value is -1.88. The van der Waals surface area contributed by atoms with E-state index in [4.69, 9.17) is 14.6 Å². The van der Waals surface area contributed by atoms with Crippen LogP contribution in [-0.4, -0.2) is 35.4 Å². The Morgan fingerprint density at radius 3 is 3.05 bits per heavy atom. The van der Waals surface area contributed by atoms with Gasteiger partial charge in [-0.3, -0.25) is 4.98 Å². The summed E-state index contributed by atoms with van der Waals surface area (Å²) in [5.41, 5.74) is 0.587.